The highest BCUT2D eigenvalue weighted by Gasteiger charge is 2.47. The number of likely N-dealkylation sites (N-methyl/N-ethyl adjacent to an activating group) is 1. The van der Waals surface area contributed by atoms with Gasteiger partial charge < -0.3 is 9.80 Å². The summed E-state index contributed by atoms with van der Waals surface area (Å²) in [5.74, 6) is 0.146. The molecule has 1 amide bonds. The second kappa shape index (κ2) is 5.96. The minimum absolute atomic E-state index is 0.146. The molecule has 0 radical (unpaired) electrons. The molecule has 3 fully saturated rings. The third-order valence-electron chi connectivity index (χ3n) is 5.91. The normalized spacial score (nSPS) is 33.0. The number of carbonyl (C=O) groups is 1. The van der Waals surface area contributed by atoms with Crippen LogP contribution in [0, 0.1) is 16.7 Å². The zero-order valence-corrected chi connectivity index (χ0v) is 13.2. The fourth-order valence-electron chi connectivity index (χ4n) is 4.67. The van der Waals surface area contributed by atoms with Crippen LogP contribution in [0.5, 0.6) is 0 Å². The topological polar surface area (TPSA) is 47.3 Å². The van der Waals surface area contributed by atoms with Crippen molar-refractivity contribution in [2.24, 2.45) is 5.41 Å². The lowest BCUT2D eigenvalue weighted by Crippen LogP contribution is -2.52. The molecule has 0 aromatic rings. The monoisotopic (exact) mass is 289 g/mol. The third kappa shape index (κ3) is 2.57. The van der Waals surface area contributed by atoms with Gasteiger partial charge in [0, 0.05) is 18.6 Å². The summed E-state index contributed by atoms with van der Waals surface area (Å²) in [4.78, 5) is 17.6. The van der Waals surface area contributed by atoms with Crippen molar-refractivity contribution in [3.8, 4) is 6.07 Å². The van der Waals surface area contributed by atoms with Crippen molar-refractivity contribution >= 4 is 5.91 Å². The van der Waals surface area contributed by atoms with E-state index < -0.39 is 5.41 Å². The molecule has 4 heteroatoms. The second-order valence-corrected chi connectivity index (χ2v) is 7.15. The van der Waals surface area contributed by atoms with Gasteiger partial charge in [-0.1, -0.05) is 19.3 Å². The molecule has 2 atom stereocenters. The summed E-state index contributed by atoms with van der Waals surface area (Å²) in [6.45, 7) is 2.00. The van der Waals surface area contributed by atoms with Crippen molar-refractivity contribution in [3.63, 3.8) is 0 Å². The average molecular weight is 289 g/mol. The molecule has 2 heterocycles. The van der Waals surface area contributed by atoms with Gasteiger partial charge >= 0.3 is 0 Å². The van der Waals surface area contributed by atoms with E-state index in [-0.39, 0.29) is 5.91 Å². The Balaban J connectivity index is 1.78. The molecule has 0 spiro atoms. The fourth-order valence-corrected chi connectivity index (χ4v) is 4.67. The average Bonchev–Trinajstić information content (AvgIpc) is 3.15. The Bertz CT molecular complexity index is 436. The summed E-state index contributed by atoms with van der Waals surface area (Å²) < 4.78 is 0. The number of nitrogens with zero attached hydrogens (tertiary/aromatic N) is 3. The molecule has 116 valence electrons. The maximum atomic E-state index is 13.1. The van der Waals surface area contributed by atoms with E-state index in [0.29, 0.717) is 12.1 Å². The van der Waals surface area contributed by atoms with Crippen molar-refractivity contribution in [1.29, 1.82) is 5.26 Å². The largest absolute Gasteiger partial charge is 0.337 e. The summed E-state index contributed by atoms with van der Waals surface area (Å²) in [6, 6.07) is 3.27. The van der Waals surface area contributed by atoms with Crippen LogP contribution >= 0.6 is 0 Å². The van der Waals surface area contributed by atoms with Crippen molar-refractivity contribution in [2.75, 3.05) is 20.1 Å². The number of hydrogen-bond acceptors (Lipinski definition) is 3. The van der Waals surface area contributed by atoms with E-state index in [0.717, 1.165) is 51.6 Å². The van der Waals surface area contributed by atoms with Crippen molar-refractivity contribution in [1.82, 2.24) is 9.80 Å². The van der Waals surface area contributed by atoms with Crippen LogP contribution in [0.25, 0.3) is 0 Å². The highest BCUT2D eigenvalue weighted by atomic mass is 16.2. The van der Waals surface area contributed by atoms with Crippen LogP contribution in [-0.2, 0) is 4.79 Å². The summed E-state index contributed by atoms with van der Waals surface area (Å²) in [5.41, 5.74) is -0.710. The maximum absolute atomic E-state index is 13.1. The molecule has 4 nitrogen and oxygen atoms in total. The van der Waals surface area contributed by atoms with Gasteiger partial charge in [0.15, 0.2) is 0 Å². The zero-order chi connectivity index (χ0) is 14.9. The molecule has 3 aliphatic rings. The van der Waals surface area contributed by atoms with Gasteiger partial charge in [0.2, 0.25) is 5.91 Å². The van der Waals surface area contributed by atoms with Gasteiger partial charge in [-0.3, -0.25) is 4.79 Å². The first-order valence-corrected chi connectivity index (χ1v) is 8.60. The van der Waals surface area contributed by atoms with E-state index in [4.69, 9.17) is 0 Å². The van der Waals surface area contributed by atoms with Gasteiger partial charge in [0.05, 0.1) is 6.07 Å². The number of amides is 1. The zero-order valence-electron chi connectivity index (χ0n) is 13.2. The van der Waals surface area contributed by atoms with Gasteiger partial charge in [-0.05, 0) is 52.1 Å². The molecule has 1 aliphatic carbocycles. The van der Waals surface area contributed by atoms with Crippen LogP contribution < -0.4 is 0 Å². The van der Waals surface area contributed by atoms with Gasteiger partial charge in [0.1, 0.15) is 5.41 Å². The Kier molecular flexibility index (Phi) is 4.21. The van der Waals surface area contributed by atoms with Gasteiger partial charge in [0.25, 0.3) is 0 Å². The SMILES string of the molecule is CN1CCC[C@H]1[C@H]1CCCN1C(=O)C1(C#N)CCCCC1. The Morgan fingerprint density at radius 3 is 2.33 bits per heavy atom. The minimum atomic E-state index is -0.710. The van der Waals surface area contributed by atoms with Crippen LogP contribution in [-0.4, -0.2) is 47.9 Å². The van der Waals surface area contributed by atoms with Crippen LogP contribution in [0.2, 0.25) is 0 Å². The molecule has 0 aromatic carbocycles. The van der Waals surface area contributed by atoms with E-state index >= 15 is 0 Å². The van der Waals surface area contributed by atoms with E-state index in [1.807, 2.05) is 0 Å². The molecule has 2 aliphatic heterocycles. The number of likely N-dealkylation sites (tertiary alicyclic amines) is 2. The lowest BCUT2D eigenvalue weighted by atomic mass is 9.74. The Morgan fingerprint density at radius 1 is 1.05 bits per heavy atom. The molecule has 0 aromatic heterocycles. The molecule has 0 N–H and O–H groups in total. The van der Waals surface area contributed by atoms with Gasteiger partial charge in [-0.25, -0.2) is 0 Å². The second-order valence-electron chi connectivity index (χ2n) is 7.15. The molecule has 21 heavy (non-hydrogen) atoms. The molecule has 1 saturated carbocycles. The molecule has 0 unspecified atom stereocenters. The highest BCUT2D eigenvalue weighted by Crippen LogP contribution is 2.40. The summed E-state index contributed by atoms with van der Waals surface area (Å²) in [5, 5.41) is 9.67. The number of rotatable bonds is 2. The first-order valence-electron chi connectivity index (χ1n) is 8.60. The molecular weight excluding hydrogens is 262 g/mol. The van der Waals surface area contributed by atoms with Crippen molar-refractivity contribution < 1.29 is 4.79 Å². The number of hydrogen-bond donors (Lipinski definition) is 0. The van der Waals surface area contributed by atoms with Gasteiger partial charge in [-0.2, -0.15) is 5.26 Å². The minimum Gasteiger partial charge on any atom is -0.337 e. The van der Waals surface area contributed by atoms with Crippen LogP contribution in [0.1, 0.15) is 57.8 Å². The third-order valence-corrected chi connectivity index (χ3v) is 5.91. The summed E-state index contributed by atoms with van der Waals surface area (Å²) in [7, 11) is 2.18. The molecule has 0 bridgehead atoms. The van der Waals surface area contributed by atoms with Crippen molar-refractivity contribution in [3.05, 3.63) is 0 Å². The Hall–Kier alpha value is -1.08. The van der Waals surface area contributed by atoms with Crippen LogP contribution in [0.4, 0.5) is 0 Å². The van der Waals surface area contributed by atoms with E-state index in [1.165, 1.54) is 19.3 Å². The predicted molar refractivity (Wildman–Crippen MR) is 81.5 cm³/mol. The van der Waals surface area contributed by atoms with E-state index in [9.17, 15) is 10.1 Å². The van der Waals surface area contributed by atoms with Crippen molar-refractivity contribution in [2.45, 2.75) is 69.9 Å². The molecular formula is C17H27N3O. The smallest absolute Gasteiger partial charge is 0.243 e. The highest BCUT2D eigenvalue weighted by molar-refractivity contribution is 5.86. The lowest BCUT2D eigenvalue weighted by Gasteiger charge is -2.39. The Labute approximate surface area is 128 Å². The van der Waals surface area contributed by atoms with Crippen LogP contribution in [0.3, 0.4) is 0 Å². The number of nitriles is 1. The van der Waals surface area contributed by atoms with E-state index in [1.54, 1.807) is 0 Å². The maximum Gasteiger partial charge on any atom is 0.243 e. The van der Waals surface area contributed by atoms with Crippen LogP contribution in [0.15, 0.2) is 0 Å². The summed E-state index contributed by atoms with van der Waals surface area (Å²) >= 11 is 0. The molecule has 3 rings (SSSR count). The van der Waals surface area contributed by atoms with E-state index in [2.05, 4.69) is 22.9 Å². The standard InChI is InChI=1S/C17H27N3O/c1-19-11-5-7-14(19)15-8-6-12-20(15)16(21)17(13-18)9-3-2-4-10-17/h14-15H,2-12H2,1H3/t14-,15+/m0/s1. The molecule has 2 saturated heterocycles. The number of carbonyl (C=O) groups excluding carboxylic acids is 1. The quantitative estimate of drug-likeness (QED) is 0.785. The lowest BCUT2D eigenvalue weighted by molar-refractivity contribution is -0.142. The summed E-state index contributed by atoms with van der Waals surface area (Å²) in [6.07, 6.45) is 9.42. The fraction of sp³-hybridized carbons (Fsp3) is 0.882. The van der Waals surface area contributed by atoms with Gasteiger partial charge in [-0.15, -0.1) is 0 Å². The first-order chi connectivity index (χ1) is 10.2. The Morgan fingerprint density at radius 2 is 1.71 bits per heavy atom. The predicted octanol–water partition coefficient (Wildman–Crippen LogP) is 2.55. The first kappa shape index (κ1) is 14.8.